The smallest absolute Gasteiger partial charge is 0.171 e. The number of fused-ring (bicyclic) bond motifs is 1. The van der Waals surface area contributed by atoms with Crippen LogP contribution in [0.25, 0.3) is 11.4 Å². The van der Waals surface area contributed by atoms with E-state index < -0.39 is 0 Å². The fourth-order valence-corrected chi connectivity index (χ4v) is 2.74. The molecule has 0 aliphatic heterocycles. The Hall–Kier alpha value is -2.34. The number of nitrogens with two attached hydrogens (primary N) is 1. The number of methoxy groups -OCH3 is 2. The topological polar surface area (TPSA) is 82.3 Å². The molecule has 0 atom stereocenters. The van der Waals surface area contributed by atoms with E-state index in [0.29, 0.717) is 23.1 Å². The van der Waals surface area contributed by atoms with Crippen LogP contribution in [0.15, 0.2) is 18.2 Å². The Labute approximate surface area is 123 Å². The maximum atomic E-state index is 5.60. The van der Waals surface area contributed by atoms with Crippen molar-refractivity contribution in [2.45, 2.75) is 19.3 Å². The van der Waals surface area contributed by atoms with Crippen LogP contribution in [0, 0.1) is 0 Å². The lowest BCUT2D eigenvalue weighted by molar-refractivity contribution is 0.356. The molecular formula is C15H18N4O2. The highest BCUT2D eigenvalue weighted by atomic mass is 16.5. The number of anilines is 1. The van der Waals surface area contributed by atoms with Crippen LogP contribution in [0.4, 0.5) is 5.82 Å². The predicted molar refractivity (Wildman–Crippen MR) is 80.4 cm³/mol. The van der Waals surface area contributed by atoms with Gasteiger partial charge in [0.25, 0.3) is 0 Å². The van der Waals surface area contributed by atoms with Gasteiger partial charge < -0.3 is 14.9 Å². The average Bonchev–Trinajstić information content (AvgIpc) is 3.01. The number of benzene rings is 1. The van der Waals surface area contributed by atoms with Crippen LogP contribution in [0.3, 0.4) is 0 Å². The van der Waals surface area contributed by atoms with E-state index in [1.165, 1.54) is 0 Å². The van der Waals surface area contributed by atoms with E-state index in [0.717, 1.165) is 36.1 Å². The first kappa shape index (κ1) is 13.6. The summed E-state index contributed by atoms with van der Waals surface area (Å²) in [6.45, 7) is 0. The summed E-state index contributed by atoms with van der Waals surface area (Å²) in [5.74, 6) is 8.17. The summed E-state index contributed by atoms with van der Waals surface area (Å²) in [6.07, 6.45) is 2.99. The number of hydrogen-bond acceptors (Lipinski definition) is 6. The Balaban J connectivity index is 2.17. The lowest BCUT2D eigenvalue weighted by Crippen LogP contribution is -2.13. The van der Waals surface area contributed by atoms with Gasteiger partial charge in [-0.05, 0) is 31.4 Å². The highest BCUT2D eigenvalue weighted by molar-refractivity contribution is 5.70. The van der Waals surface area contributed by atoms with Crippen LogP contribution in [0.2, 0.25) is 0 Å². The summed E-state index contributed by atoms with van der Waals surface area (Å²) in [7, 11) is 3.22. The second-order valence-electron chi connectivity index (χ2n) is 4.86. The van der Waals surface area contributed by atoms with Crippen LogP contribution in [0.5, 0.6) is 11.5 Å². The van der Waals surface area contributed by atoms with Crippen molar-refractivity contribution in [2.75, 3.05) is 19.6 Å². The quantitative estimate of drug-likeness (QED) is 0.660. The minimum Gasteiger partial charge on any atom is -0.493 e. The van der Waals surface area contributed by atoms with Gasteiger partial charge in [-0.3, -0.25) is 0 Å². The van der Waals surface area contributed by atoms with Gasteiger partial charge >= 0.3 is 0 Å². The molecule has 0 amide bonds. The molecule has 1 heterocycles. The average molecular weight is 286 g/mol. The number of aryl methyl sites for hydroxylation is 1. The summed E-state index contributed by atoms with van der Waals surface area (Å²) < 4.78 is 10.8. The third-order valence-electron chi connectivity index (χ3n) is 3.71. The summed E-state index contributed by atoms with van der Waals surface area (Å²) in [5, 5.41) is 0. The molecule has 0 radical (unpaired) electrons. The van der Waals surface area contributed by atoms with E-state index in [1.807, 2.05) is 18.2 Å². The van der Waals surface area contributed by atoms with Gasteiger partial charge in [-0.2, -0.15) is 0 Å². The first-order chi connectivity index (χ1) is 10.3. The molecule has 1 aliphatic carbocycles. The van der Waals surface area contributed by atoms with Crippen molar-refractivity contribution in [3.05, 3.63) is 29.5 Å². The number of para-hydroxylation sites is 1. The zero-order valence-electron chi connectivity index (χ0n) is 12.1. The highest BCUT2D eigenvalue weighted by Gasteiger charge is 2.21. The standard InChI is InChI=1S/C15H18N4O2/c1-20-12-8-4-6-10(13(12)21-2)14-17-11-7-3-5-9(11)15(18-14)19-16/h4,6,8H,3,5,7,16H2,1-2H3,(H,17,18,19). The lowest BCUT2D eigenvalue weighted by Gasteiger charge is -2.14. The van der Waals surface area contributed by atoms with Crippen molar-refractivity contribution in [1.29, 1.82) is 0 Å². The number of nitrogen functional groups attached to an aromatic ring is 1. The number of rotatable bonds is 4. The molecule has 0 saturated carbocycles. The summed E-state index contributed by atoms with van der Waals surface area (Å²) in [4.78, 5) is 9.21. The lowest BCUT2D eigenvalue weighted by atomic mass is 10.1. The van der Waals surface area contributed by atoms with Gasteiger partial charge in [0, 0.05) is 11.3 Å². The number of nitrogens with zero attached hydrogens (tertiary/aromatic N) is 2. The second-order valence-corrected chi connectivity index (χ2v) is 4.86. The maximum Gasteiger partial charge on any atom is 0.171 e. The van der Waals surface area contributed by atoms with E-state index in [1.54, 1.807) is 14.2 Å². The van der Waals surface area contributed by atoms with E-state index in [-0.39, 0.29) is 0 Å². The summed E-state index contributed by atoms with van der Waals surface area (Å²) in [6, 6.07) is 5.65. The van der Waals surface area contributed by atoms with Crippen molar-refractivity contribution in [1.82, 2.24) is 9.97 Å². The first-order valence-corrected chi connectivity index (χ1v) is 6.86. The Morgan fingerprint density at radius 3 is 2.71 bits per heavy atom. The van der Waals surface area contributed by atoms with E-state index in [2.05, 4.69) is 15.4 Å². The zero-order valence-corrected chi connectivity index (χ0v) is 12.1. The number of hydrogen-bond donors (Lipinski definition) is 2. The minimum absolute atomic E-state index is 0.597. The summed E-state index contributed by atoms with van der Waals surface area (Å²) in [5.41, 5.74) is 5.64. The number of hydrazine groups is 1. The fraction of sp³-hybridized carbons (Fsp3) is 0.333. The van der Waals surface area contributed by atoms with Gasteiger partial charge in [0.1, 0.15) is 5.82 Å². The molecule has 0 saturated heterocycles. The largest absolute Gasteiger partial charge is 0.493 e. The van der Waals surface area contributed by atoms with Crippen molar-refractivity contribution in [3.63, 3.8) is 0 Å². The van der Waals surface area contributed by atoms with Gasteiger partial charge in [-0.15, -0.1) is 0 Å². The molecule has 0 fully saturated rings. The zero-order chi connectivity index (χ0) is 14.8. The SMILES string of the molecule is COc1cccc(-c2nc3c(c(NN)n2)CCC3)c1OC. The Morgan fingerprint density at radius 1 is 1.14 bits per heavy atom. The molecule has 0 unspecified atom stereocenters. The number of aromatic nitrogens is 2. The third kappa shape index (κ3) is 2.27. The van der Waals surface area contributed by atoms with E-state index >= 15 is 0 Å². The maximum absolute atomic E-state index is 5.60. The van der Waals surface area contributed by atoms with E-state index in [9.17, 15) is 0 Å². The number of nitrogens with one attached hydrogen (secondary N) is 1. The van der Waals surface area contributed by atoms with Crippen molar-refractivity contribution in [3.8, 4) is 22.9 Å². The van der Waals surface area contributed by atoms with Gasteiger partial charge in [0.05, 0.1) is 19.8 Å². The molecule has 21 heavy (non-hydrogen) atoms. The third-order valence-corrected chi connectivity index (χ3v) is 3.71. The normalized spacial score (nSPS) is 12.9. The predicted octanol–water partition coefficient (Wildman–Crippen LogP) is 1.94. The first-order valence-electron chi connectivity index (χ1n) is 6.86. The molecule has 110 valence electrons. The van der Waals surface area contributed by atoms with Crippen molar-refractivity contribution < 1.29 is 9.47 Å². The Morgan fingerprint density at radius 2 is 2.00 bits per heavy atom. The van der Waals surface area contributed by atoms with Crippen LogP contribution >= 0.6 is 0 Å². The molecule has 6 heteroatoms. The van der Waals surface area contributed by atoms with Crippen LogP contribution in [0.1, 0.15) is 17.7 Å². The van der Waals surface area contributed by atoms with Gasteiger partial charge in [-0.25, -0.2) is 15.8 Å². The fourth-order valence-electron chi connectivity index (χ4n) is 2.74. The highest BCUT2D eigenvalue weighted by Crippen LogP contribution is 2.38. The minimum atomic E-state index is 0.597. The molecule has 1 aromatic heterocycles. The molecule has 0 bridgehead atoms. The Bertz CT molecular complexity index is 673. The van der Waals surface area contributed by atoms with Gasteiger partial charge in [0.2, 0.25) is 0 Å². The molecule has 1 aliphatic rings. The van der Waals surface area contributed by atoms with Crippen molar-refractivity contribution >= 4 is 5.82 Å². The van der Waals surface area contributed by atoms with Crippen LogP contribution < -0.4 is 20.7 Å². The second kappa shape index (κ2) is 5.57. The molecule has 3 rings (SSSR count). The molecule has 6 nitrogen and oxygen atoms in total. The monoisotopic (exact) mass is 286 g/mol. The number of ether oxygens (including phenoxy) is 2. The molecule has 2 aromatic rings. The Kier molecular flexibility index (Phi) is 3.62. The van der Waals surface area contributed by atoms with Gasteiger partial charge in [-0.1, -0.05) is 6.07 Å². The molecule has 1 aromatic carbocycles. The van der Waals surface area contributed by atoms with Crippen LogP contribution in [-0.2, 0) is 12.8 Å². The van der Waals surface area contributed by atoms with Gasteiger partial charge in [0.15, 0.2) is 17.3 Å². The molecule has 3 N–H and O–H groups in total. The van der Waals surface area contributed by atoms with E-state index in [4.69, 9.17) is 15.3 Å². The van der Waals surface area contributed by atoms with Crippen LogP contribution in [-0.4, -0.2) is 24.2 Å². The molecule has 0 spiro atoms. The van der Waals surface area contributed by atoms with Crippen molar-refractivity contribution in [2.24, 2.45) is 5.84 Å². The summed E-state index contributed by atoms with van der Waals surface area (Å²) >= 11 is 0. The molecular weight excluding hydrogens is 268 g/mol.